The second-order valence-electron chi connectivity index (χ2n) is 8.50. The predicted octanol–water partition coefficient (Wildman–Crippen LogP) is 9.12. The monoisotopic (exact) mass is 494 g/mol. The second-order valence-corrected chi connectivity index (χ2v) is 8.50. The van der Waals surface area contributed by atoms with Crippen LogP contribution < -0.4 is 9.47 Å². The zero-order chi connectivity index (χ0) is 25.6. The number of azo groups is 1. The van der Waals surface area contributed by atoms with Gasteiger partial charge in [-0.3, -0.25) is 0 Å². The summed E-state index contributed by atoms with van der Waals surface area (Å²) in [6, 6.07) is 16.2. The van der Waals surface area contributed by atoms with Gasteiger partial charge in [-0.05, 0) is 55.0 Å². The highest BCUT2D eigenvalue weighted by molar-refractivity contribution is 5.91. The molecule has 0 unspecified atom stereocenters. The molecule has 0 aliphatic rings. The standard InChI is InChI=1S/C29H32F2N2O3/c1-2-3-4-5-6-7-8-11-20-35-24-17-14-22(15-18-24)29(34)36-28-19-16-23(21-26(28)31)32-33-27-13-10-9-12-25(27)30/h9-10,12-19,21H,2-8,11,20H2,1H3. The molecule has 0 aliphatic heterocycles. The van der Waals surface area contributed by atoms with Crippen molar-refractivity contribution in [3.05, 3.63) is 83.9 Å². The summed E-state index contributed by atoms with van der Waals surface area (Å²) in [6.45, 7) is 2.85. The number of esters is 1. The molecule has 0 saturated heterocycles. The number of hydrogen-bond donors (Lipinski definition) is 0. The Balaban J connectivity index is 1.44. The summed E-state index contributed by atoms with van der Waals surface area (Å²) in [5.41, 5.74) is 0.476. The molecule has 0 N–H and O–H groups in total. The van der Waals surface area contributed by atoms with Gasteiger partial charge in [0.2, 0.25) is 0 Å². The molecule has 0 aromatic heterocycles. The van der Waals surface area contributed by atoms with E-state index in [1.165, 1.54) is 68.9 Å². The van der Waals surface area contributed by atoms with Gasteiger partial charge in [-0.15, -0.1) is 5.11 Å². The van der Waals surface area contributed by atoms with Gasteiger partial charge >= 0.3 is 5.97 Å². The summed E-state index contributed by atoms with van der Waals surface area (Å²) in [4.78, 5) is 12.4. The van der Waals surface area contributed by atoms with Gasteiger partial charge in [0.1, 0.15) is 11.4 Å². The molecule has 7 heteroatoms. The first-order valence-corrected chi connectivity index (χ1v) is 12.5. The van der Waals surface area contributed by atoms with Crippen molar-refractivity contribution in [3.63, 3.8) is 0 Å². The lowest BCUT2D eigenvalue weighted by atomic mass is 10.1. The highest BCUT2D eigenvalue weighted by atomic mass is 19.1. The first kappa shape index (κ1) is 27.0. The molecule has 3 aromatic rings. The smallest absolute Gasteiger partial charge is 0.343 e. The van der Waals surface area contributed by atoms with E-state index in [2.05, 4.69) is 17.2 Å². The number of benzene rings is 3. The fourth-order valence-corrected chi connectivity index (χ4v) is 3.55. The van der Waals surface area contributed by atoms with Gasteiger partial charge in [0.25, 0.3) is 0 Å². The van der Waals surface area contributed by atoms with E-state index in [4.69, 9.17) is 9.47 Å². The van der Waals surface area contributed by atoms with E-state index in [-0.39, 0.29) is 22.7 Å². The molecule has 3 rings (SSSR count). The molecule has 0 saturated carbocycles. The minimum Gasteiger partial charge on any atom is -0.494 e. The predicted molar refractivity (Wildman–Crippen MR) is 136 cm³/mol. The van der Waals surface area contributed by atoms with Crippen molar-refractivity contribution >= 4 is 17.3 Å². The third-order valence-corrected chi connectivity index (χ3v) is 5.60. The zero-order valence-electron chi connectivity index (χ0n) is 20.6. The van der Waals surface area contributed by atoms with Crippen LogP contribution in [-0.2, 0) is 0 Å². The number of rotatable bonds is 14. The Bertz CT molecular complexity index is 1130. The molecule has 0 bridgehead atoms. The molecule has 0 heterocycles. The molecule has 5 nitrogen and oxygen atoms in total. The highest BCUT2D eigenvalue weighted by Gasteiger charge is 2.13. The normalized spacial score (nSPS) is 11.1. The highest BCUT2D eigenvalue weighted by Crippen LogP contribution is 2.26. The summed E-state index contributed by atoms with van der Waals surface area (Å²) in [6.07, 6.45) is 9.85. The minimum atomic E-state index is -0.779. The molecule has 3 aromatic carbocycles. The molecule has 0 aliphatic carbocycles. The Hall–Kier alpha value is -3.61. The first-order chi connectivity index (χ1) is 17.6. The Kier molecular flexibility index (Phi) is 11.0. The maximum Gasteiger partial charge on any atom is 0.343 e. The van der Waals surface area contributed by atoms with E-state index in [1.807, 2.05) is 0 Å². The van der Waals surface area contributed by atoms with Crippen molar-refractivity contribution in [2.24, 2.45) is 10.2 Å². The molecule has 0 amide bonds. The summed E-state index contributed by atoms with van der Waals surface area (Å²) in [7, 11) is 0. The van der Waals surface area contributed by atoms with Crippen LogP contribution in [0.25, 0.3) is 0 Å². The van der Waals surface area contributed by atoms with Gasteiger partial charge in [-0.1, -0.05) is 64.0 Å². The summed E-state index contributed by atoms with van der Waals surface area (Å²) in [5, 5.41) is 7.61. The number of carbonyl (C=O) groups excluding carboxylic acids is 1. The Morgan fingerprint density at radius 1 is 0.778 bits per heavy atom. The quantitative estimate of drug-likeness (QED) is 0.0971. The van der Waals surface area contributed by atoms with Crippen molar-refractivity contribution in [1.82, 2.24) is 0 Å². The molecule has 0 radical (unpaired) electrons. The average molecular weight is 495 g/mol. The van der Waals surface area contributed by atoms with E-state index in [0.717, 1.165) is 18.9 Å². The lowest BCUT2D eigenvalue weighted by Gasteiger charge is -2.08. The minimum absolute atomic E-state index is 0.0404. The fraction of sp³-hybridized carbons (Fsp3) is 0.345. The molecule has 0 fully saturated rings. The van der Waals surface area contributed by atoms with Crippen LogP contribution in [0, 0.1) is 11.6 Å². The van der Waals surface area contributed by atoms with E-state index >= 15 is 0 Å². The van der Waals surface area contributed by atoms with Crippen molar-refractivity contribution in [3.8, 4) is 11.5 Å². The lowest BCUT2D eigenvalue weighted by molar-refractivity contribution is 0.0728. The van der Waals surface area contributed by atoms with Crippen molar-refractivity contribution in [1.29, 1.82) is 0 Å². The van der Waals surface area contributed by atoms with Gasteiger partial charge in [0, 0.05) is 6.07 Å². The van der Waals surface area contributed by atoms with E-state index < -0.39 is 17.6 Å². The zero-order valence-corrected chi connectivity index (χ0v) is 20.6. The number of hydrogen-bond acceptors (Lipinski definition) is 5. The largest absolute Gasteiger partial charge is 0.494 e. The topological polar surface area (TPSA) is 60.2 Å². The molecule has 0 spiro atoms. The SMILES string of the molecule is CCCCCCCCCCOc1ccc(C(=O)Oc2ccc(N=Nc3ccccc3F)cc2F)cc1. The summed E-state index contributed by atoms with van der Waals surface area (Å²) in [5.74, 6) is -1.56. The molecular weight excluding hydrogens is 462 g/mol. The third-order valence-electron chi connectivity index (χ3n) is 5.60. The Labute approximate surface area is 211 Å². The van der Waals surface area contributed by atoms with Gasteiger partial charge in [-0.25, -0.2) is 13.6 Å². The summed E-state index contributed by atoms with van der Waals surface area (Å²) < 4.78 is 39.0. The molecule has 0 atom stereocenters. The van der Waals surface area contributed by atoms with Crippen LogP contribution in [0.5, 0.6) is 11.5 Å². The van der Waals surface area contributed by atoms with E-state index in [0.29, 0.717) is 12.4 Å². The van der Waals surface area contributed by atoms with Crippen molar-refractivity contribution in [2.45, 2.75) is 58.3 Å². The van der Waals surface area contributed by atoms with Crippen LogP contribution in [0.15, 0.2) is 77.0 Å². The summed E-state index contributed by atoms with van der Waals surface area (Å²) >= 11 is 0. The van der Waals surface area contributed by atoms with E-state index in [1.54, 1.807) is 30.3 Å². The van der Waals surface area contributed by atoms with Gasteiger partial charge in [0.05, 0.1) is 17.9 Å². The second kappa shape index (κ2) is 14.7. The van der Waals surface area contributed by atoms with Gasteiger partial charge in [-0.2, -0.15) is 5.11 Å². The fourth-order valence-electron chi connectivity index (χ4n) is 3.55. The Morgan fingerprint density at radius 3 is 2.17 bits per heavy atom. The molecular formula is C29H32F2N2O3. The van der Waals surface area contributed by atoms with E-state index in [9.17, 15) is 13.6 Å². The van der Waals surface area contributed by atoms with Crippen LogP contribution in [0.1, 0.15) is 68.6 Å². The third kappa shape index (κ3) is 8.87. The number of nitrogens with zero attached hydrogens (tertiary/aromatic N) is 2. The lowest BCUT2D eigenvalue weighted by Crippen LogP contribution is -2.09. The van der Waals surface area contributed by atoms with Gasteiger partial charge < -0.3 is 9.47 Å². The molecule has 190 valence electrons. The maximum atomic E-state index is 14.4. The van der Waals surface area contributed by atoms with Crippen LogP contribution >= 0.6 is 0 Å². The number of ether oxygens (including phenoxy) is 2. The van der Waals surface area contributed by atoms with Crippen LogP contribution in [0.3, 0.4) is 0 Å². The number of carbonyl (C=O) groups is 1. The van der Waals surface area contributed by atoms with Crippen molar-refractivity contribution in [2.75, 3.05) is 6.61 Å². The van der Waals surface area contributed by atoms with Crippen LogP contribution in [0.2, 0.25) is 0 Å². The first-order valence-electron chi connectivity index (χ1n) is 12.5. The number of halogens is 2. The number of unbranched alkanes of at least 4 members (excludes halogenated alkanes) is 7. The van der Waals surface area contributed by atoms with Gasteiger partial charge in [0.15, 0.2) is 17.4 Å². The molecule has 36 heavy (non-hydrogen) atoms. The van der Waals surface area contributed by atoms with Crippen molar-refractivity contribution < 1.29 is 23.0 Å². The van der Waals surface area contributed by atoms with Crippen LogP contribution in [-0.4, -0.2) is 12.6 Å². The average Bonchev–Trinajstić information content (AvgIpc) is 2.89. The maximum absolute atomic E-state index is 14.4. The Morgan fingerprint density at radius 2 is 1.47 bits per heavy atom. The van der Waals surface area contributed by atoms with Crippen LogP contribution in [0.4, 0.5) is 20.2 Å².